The van der Waals surface area contributed by atoms with Crippen molar-refractivity contribution in [2.24, 2.45) is 12.9 Å². The van der Waals surface area contributed by atoms with E-state index in [1.54, 1.807) is 28.0 Å². The zero-order valence-electron chi connectivity index (χ0n) is 11.3. The van der Waals surface area contributed by atoms with Gasteiger partial charge in [-0.25, -0.2) is 10.8 Å². The normalized spacial score (nSPS) is 10.6. The summed E-state index contributed by atoms with van der Waals surface area (Å²) in [7, 11) is 1.86. The lowest BCUT2D eigenvalue weighted by atomic mass is 10.4. The standard InChI is InChI=1S/C11H14N10/c1-20-4-2-8(19-20)6-14-9-15-10(18-12)17-11(16-9)21-5-3-13-7-21/h2-5,7H,6,12H2,1H3,(H2,14,15,16,17,18). The van der Waals surface area contributed by atoms with Gasteiger partial charge in [0.05, 0.1) is 12.2 Å². The van der Waals surface area contributed by atoms with Crippen LogP contribution in [0.2, 0.25) is 0 Å². The van der Waals surface area contributed by atoms with Crippen molar-refractivity contribution in [2.45, 2.75) is 6.54 Å². The topological polar surface area (TPSA) is 124 Å². The first kappa shape index (κ1) is 13.0. The largest absolute Gasteiger partial charge is 0.348 e. The Kier molecular flexibility index (Phi) is 3.43. The van der Waals surface area contributed by atoms with Gasteiger partial charge in [0.15, 0.2) is 0 Å². The van der Waals surface area contributed by atoms with Gasteiger partial charge in [-0.2, -0.15) is 20.1 Å². The molecule has 0 aliphatic carbocycles. The van der Waals surface area contributed by atoms with Crippen LogP contribution in [-0.4, -0.2) is 34.3 Å². The summed E-state index contributed by atoms with van der Waals surface area (Å²) in [5.74, 6) is 6.45. The van der Waals surface area contributed by atoms with Gasteiger partial charge < -0.3 is 5.32 Å². The van der Waals surface area contributed by atoms with E-state index in [-0.39, 0.29) is 5.95 Å². The van der Waals surface area contributed by atoms with Crippen molar-refractivity contribution in [3.63, 3.8) is 0 Å². The zero-order valence-corrected chi connectivity index (χ0v) is 11.3. The third-order valence-electron chi connectivity index (χ3n) is 2.68. The SMILES string of the molecule is Cn1ccc(CNc2nc(NN)nc(-n3ccnc3)n2)n1. The van der Waals surface area contributed by atoms with Gasteiger partial charge in [0.25, 0.3) is 0 Å². The highest BCUT2D eigenvalue weighted by Crippen LogP contribution is 2.09. The molecule has 4 N–H and O–H groups in total. The van der Waals surface area contributed by atoms with Crippen molar-refractivity contribution in [3.05, 3.63) is 36.7 Å². The highest BCUT2D eigenvalue weighted by molar-refractivity contribution is 5.37. The second kappa shape index (κ2) is 5.54. The Hall–Kier alpha value is -3.01. The number of nitrogens with zero attached hydrogens (tertiary/aromatic N) is 7. The molecule has 10 heteroatoms. The number of hydrazine groups is 1. The molecule has 3 rings (SSSR count). The predicted molar refractivity (Wildman–Crippen MR) is 75.3 cm³/mol. The van der Waals surface area contributed by atoms with Crippen LogP contribution in [0.25, 0.3) is 5.95 Å². The summed E-state index contributed by atoms with van der Waals surface area (Å²) in [6.45, 7) is 0.498. The van der Waals surface area contributed by atoms with Crippen LogP contribution >= 0.6 is 0 Å². The van der Waals surface area contributed by atoms with Crippen LogP contribution < -0.4 is 16.6 Å². The Morgan fingerprint density at radius 3 is 2.71 bits per heavy atom. The number of nitrogens with two attached hydrogens (primary N) is 1. The second-order valence-corrected chi connectivity index (χ2v) is 4.23. The third-order valence-corrected chi connectivity index (χ3v) is 2.68. The van der Waals surface area contributed by atoms with Crippen molar-refractivity contribution < 1.29 is 0 Å². The summed E-state index contributed by atoms with van der Waals surface area (Å²) in [6, 6.07) is 1.91. The van der Waals surface area contributed by atoms with Crippen molar-refractivity contribution in [2.75, 3.05) is 10.7 Å². The van der Waals surface area contributed by atoms with E-state index in [0.717, 1.165) is 5.69 Å². The van der Waals surface area contributed by atoms with Crippen LogP contribution in [0.4, 0.5) is 11.9 Å². The molecule has 0 radical (unpaired) electrons. The summed E-state index contributed by atoms with van der Waals surface area (Å²) in [5.41, 5.74) is 3.30. The maximum atomic E-state index is 5.38. The molecule has 21 heavy (non-hydrogen) atoms. The van der Waals surface area contributed by atoms with E-state index in [1.807, 2.05) is 19.3 Å². The number of imidazole rings is 1. The van der Waals surface area contributed by atoms with Crippen LogP contribution in [0.5, 0.6) is 0 Å². The number of anilines is 2. The van der Waals surface area contributed by atoms with Gasteiger partial charge in [0, 0.05) is 25.6 Å². The lowest BCUT2D eigenvalue weighted by Gasteiger charge is -2.07. The van der Waals surface area contributed by atoms with Gasteiger partial charge in [-0.15, -0.1) is 0 Å². The fourth-order valence-electron chi connectivity index (χ4n) is 1.73. The quantitative estimate of drug-likeness (QED) is 0.431. The maximum absolute atomic E-state index is 5.38. The molecule has 0 amide bonds. The van der Waals surface area contributed by atoms with E-state index < -0.39 is 0 Å². The molecule has 0 unspecified atom stereocenters. The first-order valence-corrected chi connectivity index (χ1v) is 6.18. The van der Waals surface area contributed by atoms with E-state index in [4.69, 9.17) is 5.84 Å². The monoisotopic (exact) mass is 286 g/mol. The first-order valence-electron chi connectivity index (χ1n) is 6.18. The minimum absolute atomic E-state index is 0.261. The summed E-state index contributed by atoms with van der Waals surface area (Å²) < 4.78 is 3.39. The highest BCUT2D eigenvalue weighted by atomic mass is 15.4. The molecule has 10 nitrogen and oxygen atoms in total. The number of aryl methyl sites for hydroxylation is 1. The van der Waals surface area contributed by atoms with E-state index in [2.05, 4.69) is 35.8 Å². The molecule has 0 aliphatic heterocycles. The van der Waals surface area contributed by atoms with Gasteiger partial charge in [-0.1, -0.05) is 0 Å². The Morgan fingerprint density at radius 1 is 1.19 bits per heavy atom. The molecule has 108 valence electrons. The van der Waals surface area contributed by atoms with Crippen molar-refractivity contribution in [1.29, 1.82) is 0 Å². The van der Waals surface area contributed by atoms with Gasteiger partial charge in [-0.3, -0.25) is 14.7 Å². The molecule has 3 aromatic heterocycles. The summed E-state index contributed by atoms with van der Waals surface area (Å²) in [6.07, 6.45) is 6.84. The van der Waals surface area contributed by atoms with Crippen LogP contribution in [0, 0.1) is 0 Å². The Balaban J connectivity index is 1.82. The fourth-order valence-corrected chi connectivity index (χ4v) is 1.73. The predicted octanol–water partition coefficient (Wildman–Crippen LogP) is -0.312. The van der Waals surface area contributed by atoms with E-state index in [0.29, 0.717) is 18.4 Å². The molecule has 0 bridgehead atoms. The molecular formula is C11H14N10. The third kappa shape index (κ3) is 2.95. The fraction of sp³-hybridized carbons (Fsp3) is 0.182. The summed E-state index contributed by atoms with van der Waals surface area (Å²) in [4.78, 5) is 16.6. The first-order chi connectivity index (χ1) is 10.2. The van der Waals surface area contributed by atoms with Crippen molar-refractivity contribution in [1.82, 2.24) is 34.3 Å². The molecule has 0 spiro atoms. The van der Waals surface area contributed by atoms with Gasteiger partial charge in [-0.05, 0) is 6.07 Å². The van der Waals surface area contributed by atoms with E-state index >= 15 is 0 Å². The average Bonchev–Trinajstić information content (AvgIpc) is 3.16. The number of hydrogen-bond acceptors (Lipinski definition) is 8. The lowest BCUT2D eigenvalue weighted by Crippen LogP contribution is -2.15. The van der Waals surface area contributed by atoms with E-state index in [1.165, 1.54) is 0 Å². The van der Waals surface area contributed by atoms with E-state index in [9.17, 15) is 0 Å². The minimum atomic E-state index is 0.261. The van der Waals surface area contributed by atoms with Gasteiger partial charge in [0.1, 0.15) is 6.33 Å². The Bertz CT molecular complexity index is 716. The van der Waals surface area contributed by atoms with Crippen LogP contribution in [0.1, 0.15) is 5.69 Å². The molecular weight excluding hydrogens is 272 g/mol. The molecule has 0 atom stereocenters. The molecule has 0 saturated carbocycles. The number of nitrogens with one attached hydrogen (secondary N) is 2. The maximum Gasteiger partial charge on any atom is 0.243 e. The molecule has 3 heterocycles. The molecule has 0 fully saturated rings. The average molecular weight is 286 g/mol. The molecule has 3 aromatic rings. The molecule has 0 aliphatic rings. The summed E-state index contributed by atoms with van der Waals surface area (Å²) in [5, 5.41) is 7.35. The van der Waals surface area contributed by atoms with Crippen molar-refractivity contribution in [3.8, 4) is 5.95 Å². The molecule has 0 saturated heterocycles. The minimum Gasteiger partial charge on any atom is -0.348 e. The second-order valence-electron chi connectivity index (χ2n) is 4.23. The Labute approximate surface area is 120 Å². The van der Waals surface area contributed by atoms with Crippen LogP contribution in [-0.2, 0) is 13.6 Å². The number of hydrogen-bond donors (Lipinski definition) is 3. The number of rotatable bonds is 5. The number of nitrogen functional groups attached to an aromatic ring is 1. The lowest BCUT2D eigenvalue weighted by molar-refractivity contribution is 0.746. The number of aromatic nitrogens is 7. The zero-order chi connectivity index (χ0) is 14.7. The Morgan fingerprint density at radius 2 is 2.05 bits per heavy atom. The summed E-state index contributed by atoms with van der Waals surface area (Å²) >= 11 is 0. The van der Waals surface area contributed by atoms with Crippen molar-refractivity contribution >= 4 is 11.9 Å². The van der Waals surface area contributed by atoms with Crippen LogP contribution in [0.3, 0.4) is 0 Å². The molecule has 0 aromatic carbocycles. The smallest absolute Gasteiger partial charge is 0.243 e. The highest BCUT2D eigenvalue weighted by Gasteiger charge is 2.07. The van der Waals surface area contributed by atoms with Gasteiger partial charge in [0.2, 0.25) is 17.8 Å². The van der Waals surface area contributed by atoms with Gasteiger partial charge >= 0.3 is 0 Å². The van der Waals surface area contributed by atoms with Crippen LogP contribution in [0.15, 0.2) is 31.0 Å².